The Morgan fingerprint density at radius 2 is 1.83 bits per heavy atom. The Bertz CT molecular complexity index is 41.3. The van der Waals surface area contributed by atoms with Crippen LogP contribution in [-0.4, -0.2) is 24.3 Å². The van der Waals surface area contributed by atoms with Crippen LogP contribution < -0.4 is 5.73 Å². The summed E-state index contributed by atoms with van der Waals surface area (Å²) >= 11 is 0. The summed E-state index contributed by atoms with van der Waals surface area (Å²) in [6, 6.07) is 0. The van der Waals surface area contributed by atoms with Gasteiger partial charge in [-0.05, 0) is 6.55 Å². The van der Waals surface area contributed by atoms with E-state index in [1.165, 1.54) is 6.55 Å². The standard InChI is InChI=1S/C2H9NO2Si/c1-6(4,5)2-3/h4-5H,2-3H2,1H3. The monoisotopic (exact) mass is 107 g/mol. The van der Waals surface area contributed by atoms with Crippen LogP contribution in [0.5, 0.6) is 0 Å². The third kappa shape index (κ3) is 4.10. The van der Waals surface area contributed by atoms with Crippen molar-refractivity contribution in [2.45, 2.75) is 6.55 Å². The van der Waals surface area contributed by atoms with Gasteiger partial charge in [-0.15, -0.1) is 0 Å². The van der Waals surface area contributed by atoms with Crippen LogP contribution in [0.4, 0.5) is 0 Å². The fourth-order valence-electron chi connectivity index (χ4n) is 0. The lowest BCUT2D eigenvalue weighted by Gasteiger charge is -2.04. The van der Waals surface area contributed by atoms with Gasteiger partial charge in [-0.1, -0.05) is 0 Å². The molecular formula is C2H9NO2Si. The van der Waals surface area contributed by atoms with Gasteiger partial charge in [-0.2, -0.15) is 0 Å². The molecule has 0 aromatic rings. The fraction of sp³-hybridized carbons (Fsp3) is 1.00. The van der Waals surface area contributed by atoms with Crippen molar-refractivity contribution in [3.63, 3.8) is 0 Å². The summed E-state index contributed by atoms with van der Waals surface area (Å²) < 4.78 is 0. The largest absolute Gasteiger partial charge is 0.410 e. The summed E-state index contributed by atoms with van der Waals surface area (Å²) in [6.45, 7) is 1.37. The Labute approximate surface area is 37.7 Å². The molecule has 0 spiro atoms. The molecule has 0 fully saturated rings. The Kier molecular flexibility index (Phi) is 1.73. The van der Waals surface area contributed by atoms with Crippen LogP contribution in [0, 0.1) is 0 Å². The van der Waals surface area contributed by atoms with Crippen LogP contribution in [0.1, 0.15) is 0 Å². The summed E-state index contributed by atoms with van der Waals surface area (Å²) in [7, 11) is -2.85. The van der Waals surface area contributed by atoms with E-state index < -0.39 is 8.56 Å². The molecule has 0 saturated heterocycles. The molecule has 38 valence electrons. The number of nitrogens with two attached hydrogens (primary N) is 1. The van der Waals surface area contributed by atoms with Gasteiger partial charge in [0.2, 0.25) is 0 Å². The van der Waals surface area contributed by atoms with Crippen molar-refractivity contribution >= 4 is 8.56 Å². The number of hydrogen-bond donors (Lipinski definition) is 3. The number of rotatable bonds is 1. The van der Waals surface area contributed by atoms with Gasteiger partial charge in [0.1, 0.15) is 0 Å². The summed E-state index contributed by atoms with van der Waals surface area (Å²) in [5.74, 6) is 0. The first-order valence-corrected chi connectivity index (χ1v) is 4.31. The Hall–Kier alpha value is 0.0969. The van der Waals surface area contributed by atoms with E-state index in [1.54, 1.807) is 0 Å². The van der Waals surface area contributed by atoms with Crippen LogP contribution in [0.2, 0.25) is 6.55 Å². The average Bonchev–Trinajstić information content (AvgIpc) is 1.35. The van der Waals surface area contributed by atoms with Crippen LogP contribution in [-0.2, 0) is 0 Å². The molecule has 6 heavy (non-hydrogen) atoms. The minimum absolute atomic E-state index is 0.0208. The van der Waals surface area contributed by atoms with E-state index in [4.69, 9.17) is 15.3 Å². The molecule has 0 aromatic carbocycles. The van der Waals surface area contributed by atoms with Gasteiger partial charge in [-0.25, -0.2) is 0 Å². The van der Waals surface area contributed by atoms with Crippen molar-refractivity contribution in [3.8, 4) is 0 Å². The summed E-state index contributed by atoms with van der Waals surface area (Å²) in [5.41, 5.74) is 4.87. The van der Waals surface area contributed by atoms with E-state index in [0.717, 1.165) is 0 Å². The predicted octanol–water partition coefficient (Wildman–Crippen LogP) is -1.46. The molecular weight excluding hydrogens is 98.1 g/mol. The van der Waals surface area contributed by atoms with Crippen molar-refractivity contribution in [1.29, 1.82) is 0 Å². The normalized spacial score (nSPS) is 12.0. The van der Waals surface area contributed by atoms with Gasteiger partial charge in [0, 0.05) is 6.17 Å². The molecule has 4 heteroatoms. The van der Waals surface area contributed by atoms with Gasteiger partial charge < -0.3 is 15.3 Å². The molecule has 0 saturated carbocycles. The third-order valence-corrected chi connectivity index (χ3v) is 1.16. The van der Waals surface area contributed by atoms with Crippen molar-refractivity contribution in [1.82, 2.24) is 0 Å². The Balaban J connectivity index is 3.17. The quantitative estimate of drug-likeness (QED) is 0.359. The highest BCUT2D eigenvalue weighted by molar-refractivity contribution is 6.63. The molecule has 0 radical (unpaired) electrons. The van der Waals surface area contributed by atoms with Crippen molar-refractivity contribution in [2.75, 3.05) is 6.17 Å². The highest BCUT2D eigenvalue weighted by atomic mass is 28.4. The molecule has 0 heterocycles. The van der Waals surface area contributed by atoms with Crippen molar-refractivity contribution in [3.05, 3.63) is 0 Å². The minimum atomic E-state index is -2.85. The molecule has 0 rings (SSSR count). The Morgan fingerprint density at radius 1 is 1.67 bits per heavy atom. The van der Waals surface area contributed by atoms with Gasteiger partial charge in [-0.3, -0.25) is 0 Å². The second-order valence-electron chi connectivity index (χ2n) is 1.42. The average molecular weight is 107 g/mol. The topological polar surface area (TPSA) is 66.5 Å². The molecule has 3 nitrogen and oxygen atoms in total. The lowest BCUT2D eigenvalue weighted by Crippen LogP contribution is -2.39. The van der Waals surface area contributed by atoms with E-state index in [1.807, 2.05) is 0 Å². The lowest BCUT2D eigenvalue weighted by molar-refractivity contribution is 0.372. The zero-order valence-electron chi connectivity index (χ0n) is 3.68. The first-order chi connectivity index (χ1) is 2.56. The molecule has 0 atom stereocenters. The van der Waals surface area contributed by atoms with Gasteiger partial charge in [0.15, 0.2) is 0 Å². The van der Waals surface area contributed by atoms with Crippen LogP contribution in [0.15, 0.2) is 0 Å². The third-order valence-electron chi connectivity index (χ3n) is 0.387. The predicted molar refractivity (Wildman–Crippen MR) is 25.1 cm³/mol. The van der Waals surface area contributed by atoms with Gasteiger partial charge in [0.25, 0.3) is 0 Å². The molecule has 0 aromatic heterocycles. The van der Waals surface area contributed by atoms with E-state index in [-0.39, 0.29) is 6.17 Å². The maximum atomic E-state index is 8.40. The van der Waals surface area contributed by atoms with E-state index in [9.17, 15) is 0 Å². The molecule has 0 aliphatic heterocycles. The minimum Gasteiger partial charge on any atom is -0.410 e. The van der Waals surface area contributed by atoms with Crippen LogP contribution >= 0.6 is 0 Å². The molecule has 0 aliphatic rings. The molecule has 0 amide bonds. The molecule has 0 unspecified atom stereocenters. The second kappa shape index (κ2) is 1.70. The highest BCUT2D eigenvalue weighted by Gasteiger charge is 2.16. The molecule has 0 bridgehead atoms. The summed E-state index contributed by atoms with van der Waals surface area (Å²) in [5, 5.41) is 0. The van der Waals surface area contributed by atoms with Crippen molar-refractivity contribution < 1.29 is 9.59 Å². The fourth-order valence-corrected chi connectivity index (χ4v) is 0. The van der Waals surface area contributed by atoms with Gasteiger partial charge >= 0.3 is 8.56 Å². The molecule has 4 N–H and O–H groups in total. The summed E-state index contributed by atoms with van der Waals surface area (Å²) in [4.78, 5) is 16.8. The maximum absolute atomic E-state index is 8.40. The smallest absolute Gasteiger partial charge is 0.343 e. The maximum Gasteiger partial charge on any atom is 0.343 e. The zero-order valence-corrected chi connectivity index (χ0v) is 4.68. The summed E-state index contributed by atoms with van der Waals surface area (Å²) in [6.07, 6.45) is 0.0208. The first kappa shape index (κ1) is 6.10. The van der Waals surface area contributed by atoms with Gasteiger partial charge in [0.05, 0.1) is 0 Å². The van der Waals surface area contributed by atoms with Crippen molar-refractivity contribution in [2.24, 2.45) is 5.73 Å². The van der Waals surface area contributed by atoms with E-state index in [2.05, 4.69) is 0 Å². The number of hydrogen-bond acceptors (Lipinski definition) is 3. The SMILES string of the molecule is C[Si](O)(O)CN. The Morgan fingerprint density at radius 3 is 1.83 bits per heavy atom. The zero-order chi connectivity index (χ0) is 5.21. The van der Waals surface area contributed by atoms with Crippen LogP contribution in [0.25, 0.3) is 0 Å². The highest BCUT2D eigenvalue weighted by Crippen LogP contribution is 1.81. The molecule has 0 aliphatic carbocycles. The van der Waals surface area contributed by atoms with E-state index >= 15 is 0 Å². The second-order valence-corrected chi connectivity index (χ2v) is 4.26. The lowest BCUT2D eigenvalue weighted by atomic mass is 11.5. The van der Waals surface area contributed by atoms with E-state index in [0.29, 0.717) is 0 Å². The first-order valence-electron chi connectivity index (χ1n) is 1.71. The van der Waals surface area contributed by atoms with Crippen LogP contribution in [0.3, 0.4) is 0 Å².